The van der Waals surface area contributed by atoms with Crippen LogP contribution in [0.1, 0.15) is 19.3 Å². The Balaban J connectivity index is 1.26. The molecule has 30 heavy (non-hydrogen) atoms. The van der Waals surface area contributed by atoms with E-state index < -0.39 is 0 Å². The molecule has 1 aromatic carbocycles. The number of amides is 1. The van der Waals surface area contributed by atoms with Gasteiger partial charge in [0.1, 0.15) is 5.75 Å². The number of rotatable bonds is 5. The van der Waals surface area contributed by atoms with E-state index in [1.165, 1.54) is 19.3 Å². The summed E-state index contributed by atoms with van der Waals surface area (Å²) in [5, 5.41) is 9.77. The van der Waals surface area contributed by atoms with Crippen LogP contribution in [0.5, 0.6) is 5.75 Å². The maximum atomic E-state index is 12.5. The monoisotopic (exact) mass is 449 g/mol. The Bertz CT molecular complexity index is 866. The number of anilines is 2. The maximum absolute atomic E-state index is 12.5. The minimum Gasteiger partial charge on any atom is -0.482 e. The van der Waals surface area contributed by atoms with E-state index in [9.17, 15) is 4.79 Å². The van der Waals surface area contributed by atoms with Crippen molar-refractivity contribution in [1.82, 2.24) is 15.1 Å². The number of piperidine rings is 1. The molecule has 2 fully saturated rings. The molecule has 4 rings (SSSR count). The molecule has 0 radical (unpaired) electrons. The van der Waals surface area contributed by atoms with Gasteiger partial charge in [0.05, 0.1) is 5.02 Å². The lowest BCUT2D eigenvalue weighted by atomic mass is 10.1. The molecule has 0 unspecified atom stereocenters. The third kappa shape index (κ3) is 5.08. The fraction of sp³-hybridized carbons (Fsp3) is 0.476. The number of hydrogen-bond donors (Lipinski definition) is 0. The predicted molar refractivity (Wildman–Crippen MR) is 119 cm³/mol. The molecular formula is C21H25Cl2N5O2. The van der Waals surface area contributed by atoms with E-state index in [4.69, 9.17) is 27.9 Å². The van der Waals surface area contributed by atoms with Crippen molar-refractivity contribution in [3.05, 3.63) is 40.4 Å². The summed E-state index contributed by atoms with van der Waals surface area (Å²) < 4.78 is 5.57. The highest BCUT2D eigenvalue weighted by Crippen LogP contribution is 2.27. The molecular weight excluding hydrogens is 425 g/mol. The first kappa shape index (κ1) is 21.0. The second-order valence-corrected chi connectivity index (χ2v) is 8.37. The summed E-state index contributed by atoms with van der Waals surface area (Å²) in [5.41, 5.74) is 0. The second-order valence-electron chi connectivity index (χ2n) is 7.53. The number of nitrogens with zero attached hydrogens (tertiary/aromatic N) is 5. The van der Waals surface area contributed by atoms with Crippen molar-refractivity contribution in [2.24, 2.45) is 0 Å². The molecule has 0 atom stereocenters. The summed E-state index contributed by atoms with van der Waals surface area (Å²) >= 11 is 12.0. The van der Waals surface area contributed by atoms with Crippen LogP contribution in [0.25, 0.3) is 0 Å². The third-order valence-corrected chi connectivity index (χ3v) is 6.05. The van der Waals surface area contributed by atoms with Gasteiger partial charge in [0.15, 0.2) is 18.2 Å². The zero-order chi connectivity index (χ0) is 20.9. The van der Waals surface area contributed by atoms with Crippen molar-refractivity contribution in [1.29, 1.82) is 0 Å². The molecule has 2 saturated heterocycles. The van der Waals surface area contributed by atoms with Crippen molar-refractivity contribution >= 4 is 40.7 Å². The Morgan fingerprint density at radius 1 is 0.867 bits per heavy atom. The van der Waals surface area contributed by atoms with E-state index in [0.29, 0.717) is 42.0 Å². The van der Waals surface area contributed by atoms with Crippen molar-refractivity contribution in [3.8, 4) is 5.75 Å². The zero-order valence-electron chi connectivity index (χ0n) is 16.8. The zero-order valence-corrected chi connectivity index (χ0v) is 18.3. The van der Waals surface area contributed by atoms with Gasteiger partial charge in [-0.1, -0.05) is 23.2 Å². The van der Waals surface area contributed by atoms with Crippen LogP contribution in [0.15, 0.2) is 30.3 Å². The van der Waals surface area contributed by atoms with Gasteiger partial charge < -0.3 is 19.4 Å². The van der Waals surface area contributed by atoms with Crippen LogP contribution in [0, 0.1) is 0 Å². The summed E-state index contributed by atoms with van der Waals surface area (Å²) in [6.07, 6.45) is 3.73. The van der Waals surface area contributed by atoms with Crippen LogP contribution in [0.3, 0.4) is 0 Å². The molecule has 3 heterocycles. The molecule has 0 bridgehead atoms. The van der Waals surface area contributed by atoms with E-state index in [1.54, 1.807) is 23.1 Å². The van der Waals surface area contributed by atoms with Crippen LogP contribution >= 0.6 is 23.2 Å². The second kappa shape index (κ2) is 9.71. The fourth-order valence-electron chi connectivity index (χ4n) is 3.79. The van der Waals surface area contributed by atoms with Crippen molar-refractivity contribution in [2.75, 3.05) is 55.7 Å². The highest BCUT2D eigenvalue weighted by molar-refractivity contribution is 6.35. The van der Waals surface area contributed by atoms with Gasteiger partial charge in [-0.15, -0.1) is 10.2 Å². The van der Waals surface area contributed by atoms with Crippen molar-refractivity contribution in [2.45, 2.75) is 19.3 Å². The summed E-state index contributed by atoms with van der Waals surface area (Å²) in [4.78, 5) is 18.7. The Morgan fingerprint density at radius 3 is 2.10 bits per heavy atom. The SMILES string of the molecule is O=C(COc1ccc(Cl)cc1Cl)N1CCN(c2ccc(N3CCCCC3)nn2)CC1. The summed E-state index contributed by atoms with van der Waals surface area (Å²) in [6.45, 7) is 4.72. The molecule has 0 spiro atoms. The topological polar surface area (TPSA) is 61.8 Å². The average molecular weight is 450 g/mol. The Hall–Kier alpha value is -2.25. The predicted octanol–water partition coefficient (Wildman–Crippen LogP) is 3.50. The molecule has 2 aromatic rings. The number of halogens is 2. The molecule has 1 amide bonds. The average Bonchev–Trinajstić information content (AvgIpc) is 2.79. The molecule has 160 valence electrons. The van der Waals surface area contributed by atoms with Gasteiger partial charge in [-0.3, -0.25) is 4.79 Å². The standard InChI is InChI=1S/C21H25Cl2N5O2/c22-16-4-5-18(17(23)14-16)30-15-21(29)28-12-10-27(11-13-28)20-7-6-19(24-25-20)26-8-2-1-3-9-26/h4-7,14H,1-3,8-13,15H2. The number of carbonyl (C=O) groups is 1. The fourth-order valence-corrected chi connectivity index (χ4v) is 4.25. The van der Waals surface area contributed by atoms with Gasteiger partial charge in [0.2, 0.25) is 0 Å². The van der Waals surface area contributed by atoms with Crippen molar-refractivity contribution < 1.29 is 9.53 Å². The van der Waals surface area contributed by atoms with Gasteiger partial charge in [-0.2, -0.15) is 0 Å². The lowest BCUT2D eigenvalue weighted by Crippen LogP contribution is -2.50. The van der Waals surface area contributed by atoms with Gasteiger partial charge in [-0.25, -0.2) is 0 Å². The first-order chi connectivity index (χ1) is 14.6. The lowest BCUT2D eigenvalue weighted by molar-refractivity contribution is -0.133. The number of ether oxygens (including phenoxy) is 1. The largest absolute Gasteiger partial charge is 0.482 e. The highest BCUT2D eigenvalue weighted by atomic mass is 35.5. The molecule has 9 heteroatoms. The smallest absolute Gasteiger partial charge is 0.260 e. The lowest BCUT2D eigenvalue weighted by Gasteiger charge is -2.35. The number of aromatic nitrogens is 2. The molecule has 0 aliphatic carbocycles. The number of hydrogen-bond acceptors (Lipinski definition) is 6. The summed E-state index contributed by atoms with van der Waals surface area (Å²) in [6, 6.07) is 9.03. The van der Waals surface area contributed by atoms with Gasteiger partial charge in [-0.05, 0) is 49.6 Å². The Kier molecular flexibility index (Phi) is 6.79. The van der Waals surface area contributed by atoms with Crippen LogP contribution in [0.4, 0.5) is 11.6 Å². The van der Waals surface area contributed by atoms with Gasteiger partial charge >= 0.3 is 0 Å². The third-order valence-electron chi connectivity index (χ3n) is 5.52. The van der Waals surface area contributed by atoms with E-state index in [0.717, 1.165) is 24.7 Å². The van der Waals surface area contributed by atoms with E-state index in [-0.39, 0.29) is 12.5 Å². The van der Waals surface area contributed by atoms with E-state index in [1.807, 2.05) is 6.07 Å². The first-order valence-corrected chi connectivity index (χ1v) is 11.0. The molecule has 7 nitrogen and oxygen atoms in total. The summed E-state index contributed by atoms with van der Waals surface area (Å²) in [5.74, 6) is 2.20. The van der Waals surface area contributed by atoms with Crippen LogP contribution in [-0.2, 0) is 4.79 Å². The van der Waals surface area contributed by atoms with E-state index >= 15 is 0 Å². The van der Waals surface area contributed by atoms with Crippen molar-refractivity contribution in [3.63, 3.8) is 0 Å². The highest BCUT2D eigenvalue weighted by Gasteiger charge is 2.23. The Labute approximate surface area is 186 Å². The normalized spacial score (nSPS) is 17.2. The minimum absolute atomic E-state index is 0.0499. The van der Waals surface area contributed by atoms with Gasteiger partial charge in [0, 0.05) is 44.3 Å². The number of benzene rings is 1. The van der Waals surface area contributed by atoms with E-state index in [2.05, 4.69) is 26.1 Å². The molecule has 0 N–H and O–H groups in total. The molecule has 0 saturated carbocycles. The first-order valence-electron chi connectivity index (χ1n) is 10.3. The minimum atomic E-state index is -0.0628. The summed E-state index contributed by atoms with van der Waals surface area (Å²) in [7, 11) is 0. The quantitative estimate of drug-likeness (QED) is 0.695. The van der Waals surface area contributed by atoms with Crippen LogP contribution in [-0.4, -0.2) is 66.9 Å². The Morgan fingerprint density at radius 2 is 1.50 bits per heavy atom. The van der Waals surface area contributed by atoms with Gasteiger partial charge in [0.25, 0.3) is 5.91 Å². The number of carbonyl (C=O) groups excluding carboxylic acids is 1. The molecule has 2 aliphatic rings. The molecule has 2 aliphatic heterocycles. The van der Waals surface area contributed by atoms with Crippen LogP contribution < -0.4 is 14.5 Å². The number of piperazine rings is 1. The van der Waals surface area contributed by atoms with Crippen LogP contribution in [0.2, 0.25) is 10.0 Å². The molecule has 1 aromatic heterocycles. The maximum Gasteiger partial charge on any atom is 0.260 e.